The van der Waals surface area contributed by atoms with Gasteiger partial charge in [0.2, 0.25) is 5.82 Å². The summed E-state index contributed by atoms with van der Waals surface area (Å²) in [5.74, 6) is -1.87. The molecule has 0 aliphatic rings. The molecule has 0 N–H and O–H groups in total. The first-order valence-corrected chi connectivity index (χ1v) is 6.59. The lowest BCUT2D eigenvalue weighted by Gasteiger charge is -2.20. The number of hydrogen-bond acceptors (Lipinski definition) is 1. The van der Waals surface area contributed by atoms with Gasteiger partial charge < -0.3 is 4.74 Å². The van der Waals surface area contributed by atoms with Crippen LogP contribution >= 0.6 is 11.6 Å². The Bertz CT molecular complexity index is 633. The van der Waals surface area contributed by atoms with Gasteiger partial charge in [0, 0.05) is 0 Å². The SMILES string of the molecule is CC(C)(C)c1ccc(Oc2cccc(F)c2F)c(Cl)c1. The molecule has 2 aromatic rings. The van der Waals surface area contributed by atoms with Crippen molar-refractivity contribution in [2.75, 3.05) is 0 Å². The Kier molecular flexibility index (Phi) is 4.00. The van der Waals surface area contributed by atoms with E-state index in [0.717, 1.165) is 11.6 Å². The summed E-state index contributed by atoms with van der Waals surface area (Å²) in [6.45, 7) is 6.18. The summed E-state index contributed by atoms with van der Waals surface area (Å²) < 4.78 is 32.0. The molecule has 0 heterocycles. The maximum Gasteiger partial charge on any atom is 0.201 e. The molecule has 0 bridgehead atoms. The summed E-state index contributed by atoms with van der Waals surface area (Å²) in [7, 11) is 0. The Balaban J connectivity index is 2.33. The molecule has 2 rings (SSSR count). The third kappa shape index (κ3) is 3.10. The molecule has 0 radical (unpaired) electrons. The second-order valence-electron chi connectivity index (χ2n) is 5.55. The summed E-state index contributed by atoms with van der Waals surface area (Å²) in [6, 6.07) is 9.06. The zero-order chi connectivity index (χ0) is 14.9. The summed E-state index contributed by atoms with van der Waals surface area (Å²) in [6.07, 6.45) is 0. The molecule has 0 saturated carbocycles. The molecule has 0 saturated heterocycles. The normalized spacial score (nSPS) is 11.5. The highest BCUT2D eigenvalue weighted by Gasteiger charge is 2.17. The van der Waals surface area contributed by atoms with E-state index in [1.165, 1.54) is 12.1 Å². The van der Waals surface area contributed by atoms with Crippen LogP contribution in [0.5, 0.6) is 11.5 Å². The molecule has 0 unspecified atom stereocenters. The minimum Gasteiger partial charge on any atom is -0.453 e. The van der Waals surface area contributed by atoms with E-state index in [9.17, 15) is 8.78 Å². The van der Waals surface area contributed by atoms with Crippen molar-refractivity contribution in [2.45, 2.75) is 26.2 Å². The minimum atomic E-state index is -1.02. The van der Waals surface area contributed by atoms with Crippen LogP contribution in [-0.2, 0) is 5.41 Å². The molecule has 0 atom stereocenters. The molecule has 4 heteroatoms. The van der Waals surface area contributed by atoms with Gasteiger partial charge in [0.25, 0.3) is 0 Å². The van der Waals surface area contributed by atoms with Crippen molar-refractivity contribution in [2.24, 2.45) is 0 Å². The number of hydrogen-bond donors (Lipinski definition) is 0. The van der Waals surface area contributed by atoms with Crippen LogP contribution in [0, 0.1) is 11.6 Å². The van der Waals surface area contributed by atoms with Gasteiger partial charge in [-0.05, 0) is 35.2 Å². The van der Waals surface area contributed by atoms with Crippen LogP contribution in [0.3, 0.4) is 0 Å². The van der Waals surface area contributed by atoms with Crippen molar-refractivity contribution >= 4 is 11.6 Å². The van der Waals surface area contributed by atoms with Crippen LogP contribution in [0.1, 0.15) is 26.3 Å². The monoisotopic (exact) mass is 296 g/mol. The first-order valence-electron chi connectivity index (χ1n) is 6.21. The van der Waals surface area contributed by atoms with Crippen LogP contribution in [0.2, 0.25) is 5.02 Å². The molecular formula is C16H15ClF2O. The van der Waals surface area contributed by atoms with Gasteiger partial charge >= 0.3 is 0 Å². The fraction of sp³-hybridized carbons (Fsp3) is 0.250. The fourth-order valence-corrected chi connectivity index (χ4v) is 1.95. The Labute approximate surface area is 122 Å². The Morgan fingerprint density at radius 1 is 1.00 bits per heavy atom. The van der Waals surface area contributed by atoms with E-state index in [-0.39, 0.29) is 11.2 Å². The molecule has 106 valence electrons. The van der Waals surface area contributed by atoms with Gasteiger partial charge in [-0.2, -0.15) is 4.39 Å². The van der Waals surface area contributed by atoms with Gasteiger partial charge in [-0.25, -0.2) is 4.39 Å². The molecule has 0 spiro atoms. The van der Waals surface area contributed by atoms with Crippen molar-refractivity contribution in [3.63, 3.8) is 0 Å². The van der Waals surface area contributed by atoms with Gasteiger partial charge in [0.1, 0.15) is 5.75 Å². The van der Waals surface area contributed by atoms with Crippen molar-refractivity contribution < 1.29 is 13.5 Å². The molecule has 2 aromatic carbocycles. The van der Waals surface area contributed by atoms with Crippen LogP contribution in [-0.4, -0.2) is 0 Å². The van der Waals surface area contributed by atoms with Crippen molar-refractivity contribution in [3.05, 3.63) is 58.6 Å². The molecule has 1 nitrogen and oxygen atoms in total. The number of halogens is 3. The predicted molar refractivity (Wildman–Crippen MR) is 76.6 cm³/mol. The zero-order valence-corrected chi connectivity index (χ0v) is 12.3. The number of benzene rings is 2. The molecular weight excluding hydrogens is 282 g/mol. The predicted octanol–water partition coefficient (Wildman–Crippen LogP) is 5.71. The maximum atomic E-state index is 13.5. The Hall–Kier alpha value is -1.61. The first kappa shape index (κ1) is 14.8. The quantitative estimate of drug-likeness (QED) is 0.690. The highest BCUT2D eigenvalue weighted by molar-refractivity contribution is 6.32. The van der Waals surface area contributed by atoms with Crippen molar-refractivity contribution in [1.82, 2.24) is 0 Å². The topological polar surface area (TPSA) is 9.23 Å². The molecule has 0 amide bonds. The summed E-state index contributed by atoms with van der Waals surface area (Å²) in [4.78, 5) is 0. The highest BCUT2D eigenvalue weighted by atomic mass is 35.5. The van der Waals surface area contributed by atoms with E-state index in [4.69, 9.17) is 16.3 Å². The molecule has 20 heavy (non-hydrogen) atoms. The van der Waals surface area contributed by atoms with E-state index >= 15 is 0 Å². The standard InChI is InChI=1S/C16H15ClF2O/c1-16(2,3)10-7-8-13(11(17)9-10)20-14-6-4-5-12(18)15(14)19/h4-9H,1-3H3. The number of rotatable bonds is 2. The van der Waals surface area contributed by atoms with E-state index in [1.807, 2.05) is 6.07 Å². The lowest BCUT2D eigenvalue weighted by molar-refractivity contribution is 0.416. The Morgan fingerprint density at radius 2 is 1.70 bits per heavy atom. The van der Waals surface area contributed by atoms with Gasteiger partial charge in [-0.3, -0.25) is 0 Å². The van der Waals surface area contributed by atoms with E-state index < -0.39 is 11.6 Å². The third-order valence-electron chi connectivity index (χ3n) is 2.93. The maximum absolute atomic E-state index is 13.5. The van der Waals surface area contributed by atoms with Gasteiger partial charge in [-0.1, -0.05) is 44.5 Å². The van der Waals surface area contributed by atoms with E-state index in [1.54, 1.807) is 12.1 Å². The summed E-state index contributed by atoms with van der Waals surface area (Å²) >= 11 is 6.14. The van der Waals surface area contributed by atoms with Gasteiger partial charge in [-0.15, -0.1) is 0 Å². The van der Waals surface area contributed by atoms with Crippen molar-refractivity contribution in [1.29, 1.82) is 0 Å². The smallest absolute Gasteiger partial charge is 0.201 e. The van der Waals surface area contributed by atoms with Crippen LogP contribution in [0.4, 0.5) is 8.78 Å². The van der Waals surface area contributed by atoms with Gasteiger partial charge in [0.15, 0.2) is 11.6 Å². The average Bonchev–Trinajstić information content (AvgIpc) is 2.36. The number of ether oxygens (including phenoxy) is 1. The summed E-state index contributed by atoms with van der Waals surface area (Å²) in [5.41, 5.74) is 0.987. The van der Waals surface area contributed by atoms with Crippen LogP contribution in [0.15, 0.2) is 36.4 Å². The molecule has 0 aromatic heterocycles. The lowest BCUT2D eigenvalue weighted by Crippen LogP contribution is -2.10. The van der Waals surface area contributed by atoms with E-state index in [2.05, 4.69) is 20.8 Å². The van der Waals surface area contributed by atoms with E-state index in [0.29, 0.717) is 10.8 Å². The molecule has 0 aliphatic carbocycles. The van der Waals surface area contributed by atoms with Gasteiger partial charge in [0.05, 0.1) is 5.02 Å². The minimum absolute atomic E-state index is 0.0493. The van der Waals surface area contributed by atoms with Crippen LogP contribution in [0.25, 0.3) is 0 Å². The lowest BCUT2D eigenvalue weighted by atomic mass is 9.87. The third-order valence-corrected chi connectivity index (χ3v) is 3.23. The summed E-state index contributed by atoms with van der Waals surface area (Å²) in [5, 5.41) is 0.362. The second-order valence-corrected chi connectivity index (χ2v) is 5.96. The fourth-order valence-electron chi connectivity index (χ4n) is 1.73. The zero-order valence-electron chi connectivity index (χ0n) is 11.5. The Morgan fingerprint density at radius 3 is 2.30 bits per heavy atom. The average molecular weight is 297 g/mol. The van der Waals surface area contributed by atoms with Crippen molar-refractivity contribution in [3.8, 4) is 11.5 Å². The van der Waals surface area contributed by atoms with Crippen LogP contribution < -0.4 is 4.74 Å². The highest BCUT2D eigenvalue weighted by Crippen LogP contribution is 2.34. The molecule has 0 fully saturated rings. The first-order chi connectivity index (χ1) is 9.29. The molecule has 0 aliphatic heterocycles. The largest absolute Gasteiger partial charge is 0.453 e. The second kappa shape index (κ2) is 5.41.